The molecule has 0 bridgehead atoms. The highest BCUT2D eigenvalue weighted by Gasteiger charge is 2.30. The number of nitrogens with one attached hydrogen (secondary N) is 1. The van der Waals surface area contributed by atoms with Crippen LogP contribution in [0.2, 0.25) is 0 Å². The fourth-order valence-electron chi connectivity index (χ4n) is 3.16. The number of piperidine rings is 1. The van der Waals surface area contributed by atoms with Gasteiger partial charge < -0.3 is 10.2 Å². The number of aryl methyl sites for hydroxylation is 1. The van der Waals surface area contributed by atoms with Gasteiger partial charge in [-0.3, -0.25) is 4.79 Å². The molecule has 0 radical (unpaired) electrons. The molecule has 1 amide bonds. The fourth-order valence-corrected chi connectivity index (χ4v) is 4.11. The van der Waals surface area contributed by atoms with E-state index in [9.17, 15) is 4.79 Å². The third-order valence-electron chi connectivity index (χ3n) is 4.63. The van der Waals surface area contributed by atoms with Gasteiger partial charge in [-0.1, -0.05) is 0 Å². The Kier molecular flexibility index (Phi) is 4.22. The molecule has 4 rings (SSSR count). The van der Waals surface area contributed by atoms with Crippen LogP contribution in [0.1, 0.15) is 59.2 Å². The summed E-state index contributed by atoms with van der Waals surface area (Å²) in [7, 11) is 0. The SMILES string of the molecule is Cc1csc([C@@H]2CCCCN2C(=O)c2ccc(NC3CC3)nc2)n1. The number of carbonyl (C=O) groups is 1. The maximum atomic E-state index is 13.0. The summed E-state index contributed by atoms with van der Waals surface area (Å²) in [5.41, 5.74) is 1.70. The molecule has 2 aromatic heterocycles. The van der Waals surface area contributed by atoms with Crippen molar-refractivity contribution in [1.29, 1.82) is 0 Å². The van der Waals surface area contributed by atoms with Gasteiger partial charge in [0.25, 0.3) is 5.91 Å². The van der Waals surface area contributed by atoms with Crippen molar-refractivity contribution in [3.63, 3.8) is 0 Å². The van der Waals surface area contributed by atoms with Crippen molar-refractivity contribution in [3.8, 4) is 0 Å². The van der Waals surface area contributed by atoms with Gasteiger partial charge >= 0.3 is 0 Å². The van der Waals surface area contributed by atoms with Crippen LogP contribution in [0.3, 0.4) is 0 Å². The number of pyridine rings is 1. The van der Waals surface area contributed by atoms with Crippen LogP contribution in [0.25, 0.3) is 0 Å². The summed E-state index contributed by atoms with van der Waals surface area (Å²) in [6.07, 6.45) is 7.33. The lowest BCUT2D eigenvalue weighted by molar-refractivity contribution is 0.0610. The quantitative estimate of drug-likeness (QED) is 0.918. The van der Waals surface area contributed by atoms with E-state index in [-0.39, 0.29) is 11.9 Å². The zero-order valence-electron chi connectivity index (χ0n) is 13.9. The van der Waals surface area contributed by atoms with E-state index < -0.39 is 0 Å². The number of carbonyl (C=O) groups excluding carboxylic acids is 1. The first-order valence-corrected chi connectivity index (χ1v) is 9.54. The lowest BCUT2D eigenvalue weighted by atomic mass is 10.0. The van der Waals surface area contributed by atoms with Crippen LogP contribution < -0.4 is 5.32 Å². The molecule has 1 aliphatic carbocycles. The number of likely N-dealkylation sites (tertiary alicyclic amines) is 1. The molecule has 24 heavy (non-hydrogen) atoms. The van der Waals surface area contributed by atoms with Crippen molar-refractivity contribution in [2.45, 2.75) is 51.1 Å². The predicted molar refractivity (Wildman–Crippen MR) is 95.4 cm³/mol. The van der Waals surface area contributed by atoms with Gasteiger partial charge in [-0.2, -0.15) is 0 Å². The predicted octanol–water partition coefficient (Wildman–Crippen LogP) is 3.79. The zero-order valence-corrected chi connectivity index (χ0v) is 14.7. The number of anilines is 1. The van der Waals surface area contributed by atoms with E-state index in [0.717, 1.165) is 42.3 Å². The van der Waals surface area contributed by atoms with Crippen molar-refractivity contribution < 1.29 is 4.79 Å². The smallest absolute Gasteiger partial charge is 0.256 e. The molecule has 1 N–H and O–H groups in total. The van der Waals surface area contributed by atoms with Crippen LogP contribution in [0.4, 0.5) is 5.82 Å². The molecule has 6 heteroatoms. The molecule has 5 nitrogen and oxygen atoms in total. The summed E-state index contributed by atoms with van der Waals surface area (Å²) in [5.74, 6) is 0.929. The van der Waals surface area contributed by atoms with Gasteiger partial charge in [-0.05, 0) is 51.2 Å². The Bertz CT molecular complexity index is 723. The van der Waals surface area contributed by atoms with Gasteiger partial charge in [0.1, 0.15) is 10.8 Å². The summed E-state index contributed by atoms with van der Waals surface area (Å²) in [5, 5.41) is 6.47. The highest BCUT2D eigenvalue weighted by atomic mass is 32.1. The number of nitrogens with zero attached hydrogens (tertiary/aromatic N) is 3. The number of amides is 1. The van der Waals surface area contributed by atoms with Gasteiger partial charge in [0.05, 0.1) is 11.6 Å². The lowest BCUT2D eigenvalue weighted by Crippen LogP contribution is -2.38. The van der Waals surface area contributed by atoms with Gasteiger partial charge in [0.2, 0.25) is 0 Å². The van der Waals surface area contributed by atoms with Crippen LogP contribution >= 0.6 is 11.3 Å². The maximum Gasteiger partial charge on any atom is 0.256 e. The van der Waals surface area contributed by atoms with E-state index in [0.29, 0.717) is 11.6 Å². The van der Waals surface area contributed by atoms with Gasteiger partial charge in [-0.25, -0.2) is 9.97 Å². The van der Waals surface area contributed by atoms with E-state index in [1.165, 1.54) is 12.8 Å². The fraction of sp³-hybridized carbons (Fsp3) is 0.500. The molecule has 0 spiro atoms. The summed E-state index contributed by atoms with van der Waals surface area (Å²) < 4.78 is 0. The van der Waals surface area contributed by atoms with Crippen LogP contribution in [0, 0.1) is 6.92 Å². The van der Waals surface area contributed by atoms with Crippen molar-refractivity contribution in [3.05, 3.63) is 40.0 Å². The van der Waals surface area contributed by atoms with E-state index in [1.807, 2.05) is 24.0 Å². The summed E-state index contributed by atoms with van der Waals surface area (Å²) in [6.45, 7) is 2.80. The Morgan fingerprint density at radius 2 is 2.17 bits per heavy atom. The van der Waals surface area contributed by atoms with Crippen molar-refractivity contribution in [1.82, 2.24) is 14.9 Å². The van der Waals surface area contributed by atoms with Crippen molar-refractivity contribution in [2.75, 3.05) is 11.9 Å². The van der Waals surface area contributed by atoms with E-state index in [1.54, 1.807) is 17.5 Å². The molecule has 2 fully saturated rings. The number of rotatable bonds is 4. The minimum absolute atomic E-state index is 0.0676. The molecule has 1 saturated heterocycles. The van der Waals surface area contributed by atoms with E-state index in [2.05, 4.69) is 20.7 Å². The second-order valence-electron chi connectivity index (χ2n) is 6.69. The third-order valence-corrected chi connectivity index (χ3v) is 5.69. The first-order valence-electron chi connectivity index (χ1n) is 8.66. The average molecular weight is 342 g/mol. The van der Waals surface area contributed by atoms with Crippen LogP contribution in [-0.2, 0) is 0 Å². The zero-order chi connectivity index (χ0) is 16.5. The standard InChI is InChI=1S/C18H22N4OS/c1-12-11-24-17(20-12)15-4-2-3-9-22(15)18(23)13-5-8-16(19-10-13)21-14-6-7-14/h5,8,10-11,14-15H,2-4,6-7,9H2,1H3,(H,19,21)/t15-/m0/s1. The molecule has 0 aromatic carbocycles. The minimum Gasteiger partial charge on any atom is -0.367 e. The maximum absolute atomic E-state index is 13.0. The van der Waals surface area contributed by atoms with Gasteiger partial charge in [-0.15, -0.1) is 11.3 Å². The van der Waals surface area contributed by atoms with Gasteiger partial charge in [0, 0.05) is 29.9 Å². The first-order chi connectivity index (χ1) is 11.7. The van der Waals surface area contributed by atoms with Crippen LogP contribution in [-0.4, -0.2) is 33.4 Å². The first kappa shape index (κ1) is 15.6. The molecule has 2 aliphatic rings. The third kappa shape index (κ3) is 3.29. The number of hydrogen-bond acceptors (Lipinski definition) is 5. The van der Waals surface area contributed by atoms with E-state index >= 15 is 0 Å². The Labute approximate surface area is 146 Å². The number of hydrogen-bond donors (Lipinski definition) is 1. The van der Waals surface area contributed by atoms with Crippen molar-refractivity contribution >= 4 is 23.1 Å². The average Bonchev–Trinajstić information content (AvgIpc) is 3.32. The summed E-state index contributed by atoms with van der Waals surface area (Å²) >= 11 is 1.66. The molecular formula is C18H22N4OS. The minimum atomic E-state index is 0.0676. The topological polar surface area (TPSA) is 58.1 Å². The molecule has 3 heterocycles. The van der Waals surface area contributed by atoms with Crippen molar-refractivity contribution in [2.24, 2.45) is 0 Å². The second kappa shape index (κ2) is 6.51. The van der Waals surface area contributed by atoms with Crippen LogP contribution in [0.5, 0.6) is 0 Å². The molecular weight excluding hydrogens is 320 g/mol. The molecule has 0 unspecified atom stereocenters. The number of aromatic nitrogens is 2. The van der Waals surface area contributed by atoms with E-state index in [4.69, 9.17) is 0 Å². The highest BCUT2D eigenvalue weighted by molar-refractivity contribution is 7.09. The lowest BCUT2D eigenvalue weighted by Gasteiger charge is -2.34. The summed E-state index contributed by atoms with van der Waals surface area (Å²) in [4.78, 5) is 24.0. The largest absolute Gasteiger partial charge is 0.367 e. The molecule has 126 valence electrons. The summed E-state index contributed by atoms with van der Waals surface area (Å²) in [6, 6.07) is 4.48. The highest BCUT2D eigenvalue weighted by Crippen LogP contribution is 2.33. The van der Waals surface area contributed by atoms with Gasteiger partial charge in [0.15, 0.2) is 0 Å². The monoisotopic (exact) mass is 342 g/mol. The molecule has 1 saturated carbocycles. The Morgan fingerprint density at radius 3 is 2.83 bits per heavy atom. The second-order valence-corrected chi connectivity index (χ2v) is 7.58. The normalized spacial score (nSPS) is 20.9. The van der Waals surface area contributed by atoms with Crippen LogP contribution in [0.15, 0.2) is 23.7 Å². The molecule has 2 aromatic rings. The Hall–Kier alpha value is -1.95. The number of thiazole rings is 1. The Morgan fingerprint density at radius 1 is 1.29 bits per heavy atom. The molecule has 1 aliphatic heterocycles. The molecule has 1 atom stereocenters. The Balaban J connectivity index is 1.52.